The van der Waals surface area contributed by atoms with Crippen LogP contribution in [-0.2, 0) is 9.47 Å². The van der Waals surface area contributed by atoms with Crippen LogP contribution in [0.25, 0.3) is 0 Å². The molecule has 0 heterocycles. The molecule has 2 unspecified atom stereocenters. The zero-order valence-corrected chi connectivity index (χ0v) is 12.3. The van der Waals surface area contributed by atoms with E-state index in [0.717, 1.165) is 12.3 Å². The second-order valence-electron chi connectivity index (χ2n) is 4.45. The number of benzene rings is 1. The van der Waals surface area contributed by atoms with Crippen LogP contribution in [0.1, 0.15) is 25.5 Å². The van der Waals surface area contributed by atoms with Crippen LogP contribution < -0.4 is 10.1 Å². The molecule has 0 fully saturated rings. The smallest absolute Gasteiger partial charge is 0.119 e. The summed E-state index contributed by atoms with van der Waals surface area (Å²) in [6.07, 6.45) is 0.0788. The zero-order chi connectivity index (χ0) is 14.1. The standard InChI is InChI=1S/C15H25NO3/c1-5-19-14-8-6-13(7-9-14)12(2)16-10-15(18-4)11-17-3/h6-9,12,15-16H,5,10-11H2,1-4H3. The first-order chi connectivity index (χ1) is 9.21. The van der Waals surface area contributed by atoms with Crippen molar-refractivity contribution < 1.29 is 14.2 Å². The molecule has 1 rings (SSSR count). The Bertz CT molecular complexity index is 340. The van der Waals surface area contributed by atoms with Crippen molar-refractivity contribution in [3.8, 4) is 5.75 Å². The molecule has 1 aromatic carbocycles. The summed E-state index contributed by atoms with van der Waals surface area (Å²) in [4.78, 5) is 0. The molecular weight excluding hydrogens is 242 g/mol. The van der Waals surface area contributed by atoms with Gasteiger partial charge < -0.3 is 19.5 Å². The van der Waals surface area contributed by atoms with Gasteiger partial charge in [0.25, 0.3) is 0 Å². The van der Waals surface area contributed by atoms with Crippen LogP contribution in [0.3, 0.4) is 0 Å². The lowest BCUT2D eigenvalue weighted by Gasteiger charge is -2.19. The summed E-state index contributed by atoms with van der Waals surface area (Å²) in [6.45, 7) is 6.17. The molecule has 0 saturated carbocycles. The van der Waals surface area contributed by atoms with Crippen molar-refractivity contribution in [2.45, 2.75) is 26.0 Å². The van der Waals surface area contributed by atoms with Crippen LogP contribution in [0, 0.1) is 0 Å². The van der Waals surface area contributed by atoms with Crippen molar-refractivity contribution in [1.29, 1.82) is 0 Å². The molecule has 0 aliphatic rings. The number of hydrogen-bond donors (Lipinski definition) is 1. The molecule has 2 atom stereocenters. The van der Waals surface area contributed by atoms with Crippen molar-refractivity contribution in [3.05, 3.63) is 29.8 Å². The van der Waals surface area contributed by atoms with Crippen molar-refractivity contribution in [2.24, 2.45) is 0 Å². The SMILES string of the molecule is CCOc1ccc(C(C)NCC(COC)OC)cc1. The molecule has 0 aromatic heterocycles. The first-order valence-corrected chi connectivity index (χ1v) is 6.69. The van der Waals surface area contributed by atoms with E-state index in [1.807, 2.05) is 19.1 Å². The second-order valence-corrected chi connectivity index (χ2v) is 4.45. The van der Waals surface area contributed by atoms with Gasteiger partial charge in [0.1, 0.15) is 5.75 Å². The highest BCUT2D eigenvalue weighted by molar-refractivity contribution is 5.28. The van der Waals surface area contributed by atoms with Crippen LogP contribution in [0.2, 0.25) is 0 Å². The van der Waals surface area contributed by atoms with Crippen LogP contribution in [-0.4, -0.2) is 40.1 Å². The van der Waals surface area contributed by atoms with Gasteiger partial charge >= 0.3 is 0 Å². The number of nitrogens with one attached hydrogen (secondary N) is 1. The van der Waals surface area contributed by atoms with Gasteiger partial charge in [-0.2, -0.15) is 0 Å². The fourth-order valence-corrected chi connectivity index (χ4v) is 1.84. The molecule has 1 aromatic rings. The van der Waals surface area contributed by atoms with Crippen LogP contribution >= 0.6 is 0 Å². The minimum atomic E-state index is 0.0788. The Morgan fingerprint density at radius 3 is 2.37 bits per heavy atom. The normalized spacial score (nSPS) is 14.1. The highest BCUT2D eigenvalue weighted by Gasteiger charge is 2.10. The van der Waals surface area contributed by atoms with Gasteiger partial charge in [0.15, 0.2) is 0 Å². The fraction of sp³-hybridized carbons (Fsp3) is 0.600. The Hall–Kier alpha value is -1.10. The predicted molar refractivity (Wildman–Crippen MR) is 76.7 cm³/mol. The molecule has 108 valence electrons. The molecule has 19 heavy (non-hydrogen) atoms. The molecule has 1 N–H and O–H groups in total. The molecule has 0 aliphatic carbocycles. The van der Waals surface area contributed by atoms with Crippen molar-refractivity contribution in [3.63, 3.8) is 0 Å². The summed E-state index contributed by atoms with van der Waals surface area (Å²) in [5.74, 6) is 0.910. The quantitative estimate of drug-likeness (QED) is 0.746. The summed E-state index contributed by atoms with van der Waals surface area (Å²) < 4.78 is 15.8. The summed E-state index contributed by atoms with van der Waals surface area (Å²) in [5.41, 5.74) is 1.23. The van der Waals surface area contributed by atoms with E-state index < -0.39 is 0 Å². The second kappa shape index (κ2) is 8.91. The number of hydrogen-bond acceptors (Lipinski definition) is 4. The molecule has 0 bridgehead atoms. The van der Waals surface area contributed by atoms with Crippen molar-refractivity contribution >= 4 is 0 Å². The highest BCUT2D eigenvalue weighted by atomic mass is 16.5. The third-order valence-electron chi connectivity index (χ3n) is 3.03. The summed E-state index contributed by atoms with van der Waals surface area (Å²) >= 11 is 0. The van der Waals surface area contributed by atoms with E-state index in [0.29, 0.717) is 13.2 Å². The van der Waals surface area contributed by atoms with E-state index >= 15 is 0 Å². The van der Waals surface area contributed by atoms with Crippen LogP contribution in [0.4, 0.5) is 0 Å². The Balaban J connectivity index is 2.45. The van der Waals surface area contributed by atoms with E-state index in [9.17, 15) is 0 Å². The van der Waals surface area contributed by atoms with Gasteiger partial charge in [-0.25, -0.2) is 0 Å². The van der Waals surface area contributed by atoms with Crippen LogP contribution in [0.15, 0.2) is 24.3 Å². The van der Waals surface area contributed by atoms with Gasteiger partial charge in [0, 0.05) is 26.8 Å². The largest absolute Gasteiger partial charge is 0.494 e. The molecular formula is C15H25NO3. The van der Waals surface area contributed by atoms with E-state index in [1.54, 1.807) is 14.2 Å². The zero-order valence-electron chi connectivity index (χ0n) is 12.3. The average molecular weight is 267 g/mol. The Kier molecular flexibility index (Phi) is 7.48. The first kappa shape index (κ1) is 16.0. The third kappa shape index (κ3) is 5.59. The molecule has 4 nitrogen and oxygen atoms in total. The maximum atomic E-state index is 5.43. The van der Waals surface area contributed by atoms with Crippen molar-refractivity contribution in [2.75, 3.05) is 34.0 Å². The van der Waals surface area contributed by atoms with Gasteiger partial charge in [-0.1, -0.05) is 12.1 Å². The Labute approximate surface area is 116 Å². The van der Waals surface area contributed by atoms with Gasteiger partial charge in [-0.05, 0) is 31.5 Å². The van der Waals surface area contributed by atoms with Gasteiger partial charge in [0.05, 0.1) is 19.3 Å². The predicted octanol–water partition coefficient (Wildman–Crippen LogP) is 2.40. The lowest BCUT2D eigenvalue weighted by atomic mass is 10.1. The average Bonchev–Trinajstić information content (AvgIpc) is 2.44. The minimum Gasteiger partial charge on any atom is -0.494 e. The fourth-order valence-electron chi connectivity index (χ4n) is 1.84. The van der Waals surface area contributed by atoms with Crippen LogP contribution in [0.5, 0.6) is 5.75 Å². The molecule has 0 saturated heterocycles. The Morgan fingerprint density at radius 1 is 1.16 bits per heavy atom. The third-order valence-corrected chi connectivity index (χ3v) is 3.03. The van der Waals surface area contributed by atoms with E-state index in [1.165, 1.54) is 5.56 Å². The molecule has 0 radical (unpaired) electrons. The topological polar surface area (TPSA) is 39.7 Å². The molecule has 0 aliphatic heterocycles. The monoisotopic (exact) mass is 267 g/mol. The summed E-state index contributed by atoms with van der Waals surface area (Å²) in [7, 11) is 3.38. The van der Waals surface area contributed by atoms with Crippen molar-refractivity contribution in [1.82, 2.24) is 5.32 Å². The number of rotatable bonds is 9. The maximum Gasteiger partial charge on any atom is 0.119 e. The minimum absolute atomic E-state index is 0.0788. The Morgan fingerprint density at radius 2 is 1.84 bits per heavy atom. The number of methoxy groups -OCH3 is 2. The molecule has 0 amide bonds. The molecule has 0 spiro atoms. The maximum absolute atomic E-state index is 5.43. The van der Waals surface area contributed by atoms with Gasteiger partial charge in [-0.3, -0.25) is 0 Å². The first-order valence-electron chi connectivity index (χ1n) is 6.69. The van der Waals surface area contributed by atoms with E-state index in [-0.39, 0.29) is 12.1 Å². The lowest BCUT2D eigenvalue weighted by molar-refractivity contribution is 0.0276. The van der Waals surface area contributed by atoms with E-state index in [4.69, 9.17) is 14.2 Å². The highest BCUT2D eigenvalue weighted by Crippen LogP contribution is 2.17. The summed E-state index contributed by atoms with van der Waals surface area (Å²) in [5, 5.41) is 3.44. The molecule has 4 heteroatoms. The van der Waals surface area contributed by atoms with Gasteiger partial charge in [0.2, 0.25) is 0 Å². The van der Waals surface area contributed by atoms with E-state index in [2.05, 4.69) is 24.4 Å². The number of ether oxygens (including phenoxy) is 3. The van der Waals surface area contributed by atoms with Gasteiger partial charge in [-0.15, -0.1) is 0 Å². The lowest BCUT2D eigenvalue weighted by Crippen LogP contribution is -2.33. The summed E-state index contributed by atoms with van der Waals surface area (Å²) in [6, 6.07) is 8.44.